The summed E-state index contributed by atoms with van der Waals surface area (Å²) in [6.07, 6.45) is 12.1. The Morgan fingerprint density at radius 3 is 2.58 bits per heavy atom. The third kappa shape index (κ3) is 8.77. The van der Waals surface area contributed by atoms with Crippen molar-refractivity contribution in [3.05, 3.63) is 100 Å². The van der Waals surface area contributed by atoms with Crippen molar-refractivity contribution in [2.75, 3.05) is 18.9 Å². The molecule has 1 aliphatic rings. The van der Waals surface area contributed by atoms with Crippen LogP contribution in [0.4, 0.5) is 0 Å². The number of allylic oxidation sites excluding steroid dienone is 3. The van der Waals surface area contributed by atoms with Crippen molar-refractivity contribution in [1.82, 2.24) is 5.32 Å². The molecular weight excluding hydrogens is 498 g/mol. The van der Waals surface area contributed by atoms with Gasteiger partial charge in [-0.25, -0.2) is 9.59 Å². The van der Waals surface area contributed by atoms with Crippen LogP contribution < -0.4 is 5.32 Å². The van der Waals surface area contributed by atoms with Gasteiger partial charge < -0.3 is 14.8 Å². The lowest BCUT2D eigenvalue weighted by molar-refractivity contribution is -0.163. The molecule has 1 aliphatic heterocycles. The molecule has 1 heterocycles. The van der Waals surface area contributed by atoms with E-state index in [9.17, 15) is 14.4 Å². The fourth-order valence-electron chi connectivity index (χ4n) is 3.77. The Morgan fingerprint density at radius 1 is 1.24 bits per heavy atom. The molecule has 1 aromatic carbocycles. The van der Waals surface area contributed by atoms with E-state index in [-0.39, 0.29) is 23.7 Å². The summed E-state index contributed by atoms with van der Waals surface area (Å²) >= 11 is 4.09. The summed E-state index contributed by atoms with van der Waals surface area (Å²) < 4.78 is 10.8. The van der Waals surface area contributed by atoms with Gasteiger partial charge in [0.05, 0.1) is 11.1 Å². The van der Waals surface area contributed by atoms with Gasteiger partial charge >= 0.3 is 11.9 Å². The Labute approximate surface area is 231 Å². The predicted octanol–water partition coefficient (Wildman–Crippen LogP) is 5.54. The molecule has 1 amide bonds. The number of carbonyl (C=O) groups excluding carboxylic acids is 3. The molecule has 0 fully saturated rings. The quantitative estimate of drug-likeness (QED) is 0.159. The maximum atomic E-state index is 13.2. The summed E-state index contributed by atoms with van der Waals surface area (Å²) in [6, 6.07) is 6.11. The number of benzene rings is 1. The van der Waals surface area contributed by atoms with Crippen LogP contribution in [0.15, 0.2) is 83.5 Å². The number of esters is 2. The van der Waals surface area contributed by atoms with E-state index in [1.54, 1.807) is 18.2 Å². The summed E-state index contributed by atoms with van der Waals surface area (Å²) in [5.41, 5.74) is 5.11. The fraction of sp³-hybridized carbons (Fsp3) is 0.323. The lowest BCUT2D eigenvalue weighted by Gasteiger charge is -2.25. The first kappa shape index (κ1) is 30.6. The molecule has 1 aromatic rings. The van der Waals surface area contributed by atoms with E-state index in [2.05, 4.69) is 30.6 Å². The van der Waals surface area contributed by atoms with Crippen LogP contribution >= 0.6 is 12.6 Å². The highest BCUT2D eigenvalue weighted by Crippen LogP contribution is 2.24. The summed E-state index contributed by atoms with van der Waals surface area (Å²) in [4.78, 5) is 38.7. The van der Waals surface area contributed by atoms with E-state index in [4.69, 9.17) is 9.47 Å². The first-order chi connectivity index (χ1) is 18.2. The van der Waals surface area contributed by atoms with Gasteiger partial charge in [0.2, 0.25) is 6.10 Å². The van der Waals surface area contributed by atoms with Gasteiger partial charge in [-0.1, -0.05) is 80.2 Å². The number of aryl methyl sites for hydroxylation is 2. The van der Waals surface area contributed by atoms with Crippen molar-refractivity contribution in [2.45, 2.75) is 46.6 Å². The van der Waals surface area contributed by atoms with Gasteiger partial charge in [0.15, 0.2) is 0 Å². The van der Waals surface area contributed by atoms with E-state index < -0.39 is 18.0 Å². The molecule has 0 saturated heterocycles. The normalized spacial score (nSPS) is 16.7. The number of thiol groups is 1. The smallest absolute Gasteiger partial charge is 0.352 e. The Bertz CT molecular complexity index is 1180. The Kier molecular flexibility index (Phi) is 12.6. The third-order valence-electron chi connectivity index (χ3n) is 5.89. The van der Waals surface area contributed by atoms with Gasteiger partial charge in [0, 0.05) is 17.9 Å². The van der Waals surface area contributed by atoms with Crippen LogP contribution in [-0.2, 0) is 23.9 Å². The zero-order valence-corrected chi connectivity index (χ0v) is 23.5. The summed E-state index contributed by atoms with van der Waals surface area (Å²) in [7, 11) is 0. The van der Waals surface area contributed by atoms with Gasteiger partial charge in [0.1, 0.15) is 6.61 Å². The van der Waals surface area contributed by atoms with Crippen molar-refractivity contribution < 1.29 is 23.9 Å². The molecule has 1 atom stereocenters. The minimum absolute atomic E-state index is 0.163. The van der Waals surface area contributed by atoms with Gasteiger partial charge in [-0.15, -0.1) is 0 Å². The van der Waals surface area contributed by atoms with Crippen LogP contribution in [0, 0.1) is 13.8 Å². The van der Waals surface area contributed by atoms with E-state index in [1.807, 2.05) is 52.0 Å². The lowest BCUT2D eigenvalue weighted by atomic mass is 9.98. The molecule has 1 N–H and O–H groups in total. The number of unbranched alkanes of at least 4 members (excludes halogenated alkanes) is 1. The Balaban J connectivity index is 2.32. The van der Waals surface area contributed by atoms with Crippen molar-refractivity contribution >= 4 is 36.6 Å². The van der Waals surface area contributed by atoms with E-state index in [1.165, 1.54) is 12.2 Å². The van der Waals surface area contributed by atoms with Crippen molar-refractivity contribution in [3.63, 3.8) is 0 Å². The molecule has 0 saturated carbocycles. The average Bonchev–Trinajstić information content (AvgIpc) is 2.89. The number of cyclic esters (lactones) is 1. The SMILES string of the molecule is C=C/C(=C\C=C/CS)C(=O)OC1C(=O)OCC(C(=O)NC/C(C)=C/c2c(C)cccc2C)=C1/C=C/CCC. The molecule has 1 unspecified atom stereocenters. The number of ether oxygens (including phenoxy) is 2. The van der Waals surface area contributed by atoms with Crippen LogP contribution in [-0.4, -0.2) is 42.9 Å². The highest BCUT2D eigenvalue weighted by Gasteiger charge is 2.36. The molecular formula is C31H37NO5S. The molecule has 0 bridgehead atoms. The van der Waals surface area contributed by atoms with Crippen LogP contribution in [0.5, 0.6) is 0 Å². The molecule has 6 nitrogen and oxygen atoms in total. The standard InChI is InChI=1S/C31H37NO5S/c1-6-8-9-16-25-27(29(33)32-19-21(3)18-26-22(4)13-12-14-23(26)5)20-36-31(35)28(25)37-30(34)24(7-2)15-10-11-17-38/h7,9-16,18,28,38H,2,6,8,17,19-20H2,1,3-5H3,(H,32,33)/b11-10-,16-9+,21-18+,24-15+. The minimum Gasteiger partial charge on any atom is -0.458 e. The molecule has 0 aliphatic carbocycles. The summed E-state index contributed by atoms with van der Waals surface area (Å²) in [5, 5.41) is 2.91. The zero-order valence-electron chi connectivity index (χ0n) is 22.6. The van der Waals surface area contributed by atoms with Crippen molar-refractivity contribution in [1.29, 1.82) is 0 Å². The average molecular weight is 536 g/mol. The van der Waals surface area contributed by atoms with Crippen LogP contribution in [0.1, 0.15) is 43.4 Å². The van der Waals surface area contributed by atoms with Gasteiger partial charge in [-0.2, -0.15) is 12.6 Å². The predicted molar refractivity (Wildman–Crippen MR) is 156 cm³/mol. The highest BCUT2D eigenvalue weighted by molar-refractivity contribution is 7.80. The summed E-state index contributed by atoms with van der Waals surface area (Å²) in [6.45, 7) is 11.8. The largest absolute Gasteiger partial charge is 0.458 e. The Morgan fingerprint density at radius 2 is 1.95 bits per heavy atom. The van der Waals surface area contributed by atoms with E-state index in [0.717, 1.165) is 35.1 Å². The van der Waals surface area contributed by atoms with Crippen LogP contribution in [0.25, 0.3) is 6.08 Å². The topological polar surface area (TPSA) is 81.7 Å². The first-order valence-electron chi connectivity index (χ1n) is 12.6. The second-order valence-corrected chi connectivity index (χ2v) is 9.30. The highest BCUT2D eigenvalue weighted by atomic mass is 32.1. The Hall–Kier alpha value is -3.58. The maximum Gasteiger partial charge on any atom is 0.352 e. The molecule has 2 rings (SSSR count). The van der Waals surface area contributed by atoms with Crippen molar-refractivity contribution in [2.24, 2.45) is 0 Å². The van der Waals surface area contributed by atoms with Gasteiger partial charge in [0.25, 0.3) is 5.91 Å². The molecule has 0 spiro atoms. The second-order valence-electron chi connectivity index (χ2n) is 8.93. The molecule has 7 heteroatoms. The number of nitrogens with one attached hydrogen (secondary N) is 1. The number of hydrogen-bond donors (Lipinski definition) is 2. The molecule has 38 heavy (non-hydrogen) atoms. The van der Waals surface area contributed by atoms with E-state index >= 15 is 0 Å². The van der Waals surface area contributed by atoms with Crippen LogP contribution in [0.2, 0.25) is 0 Å². The number of rotatable bonds is 12. The summed E-state index contributed by atoms with van der Waals surface area (Å²) in [5.74, 6) is -1.37. The molecule has 202 valence electrons. The number of hydrogen-bond acceptors (Lipinski definition) is 6. The fourth-order valence-corrected chi connectivity index (χ4v) is 3.89. The zero-order chi connectivity index (χ0) is 28.1. The lowest BCUT2D eigenvalue weighted by Crippen LogP contribution is -2.40. The second kappa shape index (κ2) is 15.6. The minimum atomic E-state index is -1.37. The van der Waals surface area contributed by atoms with Crippen LogP contribution in [0.3, 0.4) is 0 Å². The number of amides is 1. The van der Waals surface area contributed by atoms with Crippen molar-refractivity contribution in [3.8, 4) is 0 Å². The van der Waals surface area contributed by atoms with E-state index in [0.29, 0.717) is 17.9 Å². The number of carbonyl (C=O) groups is 3. The third-order valence-corrected chi connectivity index (χ3v) is 6.10. The maximum absolute atomic E-state index is 13.2. The first-order valence-corrected chi connectivity index (χ1v) is 13.3. The van der Waals surface area contributed by atoms with Gasteiger partial charge in [-0.05, 0) is 50.0 Å². The molecule has 0 aromatic heterocycles. The monoisotopic (exact) mass is 535 g/mol. The van der Waals surface area contributed by atoms with Gasteiger partial charge in [-0.3, -0.25) is 4.79 Å². The molecule has 0 radical (unpaired) electrons.